The summed E-state index contributed by atoms with van der Waals surface area (Å²) in [7, 11) is 0. The Kier molecular flexibility index (Phi) is 2.96. The Balaban J connectivity index is 1.82. The van der Waals surface area contributed by atoms with Gasteiger partial charge in [0.15, 0.2) is 0 Å². The molecule has 5 heteroatoms. The number of halogens is 2. The summed E-state index contributed by atoms with van der Waals surface area (Å²) in [4.78, 5) is 0. The van der Waals surface area contributed by atoms with Gasteiger partial charge in [-0.15, -0.1) is 0 Å². The molecule has 2 aromatic rings. The van der Waals surface area contributed by atoms with Crippen LogP contribution in [0.1, 0.15) is 37.3 Å². The lowest BCUT2D eigenvalue weighted by molar-refractivity contribution is 0.426. The fourth-order valence-electron chi connectivity index (χ4n) is 3.93. The third kappa shape index (κ3) is 1.96. The Labute approximate surface area is 127 Å². The second kappa shape index (κ2) is 4.73. The monoisotopic (exact) mass is 306 g/mol. The normalized spacial score (nSPS) is 27.4. The number of nitrogens with zero attached hydrogens (tertiary/aromatic N) is 1. The van der Waals surface area contributed by atoms with Crippen molar-refractivity contribution in [3.8, 4) is 11.1 Å². The van der Waals surface area contributed by atoms with Crippen LogP contribution in [-0.2, 0) is 0 Å². The van der Waals surface area contributed by atoms with E-state index >= 15 is 0 Å². The molecule has 2 saturated carbocycles. The number of aromatic nitrogens is 1. The number of nitrogen functional groups attached to an aromatic ring is 1. The standard InChI is InChI=1S/C16H16ClFN2O/c17-10-6-3-7-11(18)13(10)14-15(20-21-16(14)19)12-8-4-1-2-5-9(8)12/h3,6-9,12H,1-2,4-5,19H2. The fraction of sp³-hybridized carbons (Fsp3) is 0.438. The number of nitrogens with two attached hydrogens (primary N) is 1. The molecule has 1 heterocycles. The van der Waals surface area contributed by atoms with E-state index in [1.165, 1.54) is 31.7 Å². The Bertz CT molecular complexity index is 667. The van der Waals surface area contributed by atoms with Gasteiger partial charge in [0.2, 0.25) is 5.88 Å². The summed E-state index contributed by atoms with van der Waals surface area (Å²) in [6.45, 7) is 0. The molecular weight excluding hydrogens is 291 g/mol. The molecule has 0 spiro atoms. The predicted octanol–water partition coefficient (Wildman–Crippen LogP) is 4.62. The number of rotatable bonds is 2. The molecular formula is C16H16ClFN2O. The number of fused-ring (bicyclic) bond motifs is 1. The first-order valence-corrected chi connectivity index (χ1v) is 7.75. The quantitative estimate of drug-likeness (QED) is 0.880. The summed E-state index contributed by atoms with van der Waals surface area (Å²) in [5, 5.41) is 4.48. The average Bonchev–Trinajstić information content (AvgIpc) is 3.09. The van der Waals surface area contributed by atoms with Gasteiger partial charge < -0.3 is 10.3 Å². The van der Waals surface area contributed by atoms with Crippen LogP contribution in [0.4, 0.5) is 10.3 Å². The molecule has 2 aliphatic rings. The van der Waals surface area contributed by atoms with Crippen molar-refractivity contribution in [1.82, 2.24) is 5.16 Å². The zero-order chi connectivity index (χ0) is 14.6. The molecule has 2 unspecified atom stereocenters. The highest BCUT2D eigenvalue weighted by Crippen LogP contribution is 2.62. The molecule has 0 amide bonds. The maximum atomic E-state index is 14.2. The van der Waals surface area contributed by atoms with Gasteiger partial charge in [0.25, 0.3) is 0 Å². The molecule has 21 heavy (non-hydrogen) atoms. The summed E-state index contributed by atoms with van der Waals surface area (Å²) in [6, 6.07) is 4.63. The molecule has 1 aromatic heterocycles. The van der Waals surface area contributed by atoms with Gasteiger partial charge in [-0.05, 0) is 36.8 Å². The Morgan fingerprint density at radius 2 is 1.90 bits per heavy atom. The van der Waals surface area contributed by atoms with Crippen molar-refractivity contribution in [3.63, 3.8) is 0 Å². The Morgan fingerprint density at radius 1 is 1.19 bits per heavy atom. The van der Waals surface area contributed by atoms with E-state index in [0.29, 0.717) is 33.9 Å². The molecule has 2 fully saturated rings. The first-order valence-electron chi connectivity index (χ1n) is 7.38. The molecule has 0 aliphatic heterocycles. The van der Waals surface area contributed by atoms with Gasteiger partial charge in [-0.3, -0.25) is 0 Å². The van der Waals surface area contributed by atoms with E-state index in [1.54, 1.807) is 12.1 Å². The first-order chi connectivity index (χ1) is 10.2. The SMILES string of the molecule is Nc1onc(C2C3CCCCC32)c1-c1c(F)cccc1Cl. The lowest BCUT2D eigenvalue weighted by atomic mass is 10.0. The van der Waals surface area contributed by atoms with Crippen LogP contribution in [0, 0.1) is 17.7 Å². The van der Waals surface area contributed by atoms with Crippen molar-refractivity contribution in [2.24, 2.45) is 11.8 Å². The molecule has 1 aromatic carbocycles. The molecule has 2 atom stereocenters. The summed E-state index contributed by atoms with van der Waals surface area (Å²) in [6.07, 6.45) is 4.96. The van der Waals surface area contributed by atoms with Crippen LogP contribution in [0.3, 0.4) is 0 Å². The number of hydrogen-bond acceptors (Lipinski definition) is 3. The molecule has 2 aliphatic carbocycles. The van der Waals surface area contributed by atoms with Crippen molar-refractivity contribution >= 4 is 17.5 Å². The highest BCUT2D eigenvalue weighted by atomic mass is 35.5. The molecule has 0 bridgehead atoms. The smallest absolute Gasteiger partial charge is 0.230 e. The van der Waals surface area contributed by atoms with Crippen LogP contribution in [0.5, 0.6) is 0 Å². The average molecular weight is 307 g/mol. The van der Waals surface area contributed by atoms with Crippen LogP contribution in [0.15, 0.2) is 22.7 Å². The Hall–Kier alpha value is -1.55. The highest BCUT2D eigenvalue weighted by Gasteiger charge is 2.54. The van der Waals surface area contributed by atoms with Crippen molar-refractivity contribution in [3.05, 3.63) is 34.7 Å². The van der Waals surface area contributed by atoms with Crippen molar-refractivity contribution < 1.29 is 8.91 Å². The minimum Gasteiger partial charge on any atom is -0.367 e. The van der Waals surface area contributed by atoms with Crippen molar-refractivity contribution in [2.75, 3.05) is 5.73 Å². The van der Waals surface area contributed by atoms with Gasteiger partial charge in [-0.2, -0.15) is 0 Å². The van der Waals surface area contributed by atoms with Gasteiger partial charge >= 0.3 is 0 Å². The second-order valence-corrected chi connectivity index (χ2v) is 6.45. The number of hydrogen-bond donors (Lipinski definition) is 1. The van der Waals surface area contributed by atoms with Gasteiger partial charge in [-0.1, -0.05) is 35.7 Å². The third-order valence-electron chi connectivity index (χ3n) is 4.93. The van der Waals surface area contributed by atoms with Crippen molar-refractivity contribution in [2.45, 2.75) is 31.6 Å². The van der Waals surface area contributed by atoms with Crippen LogP contribution in [0.2, 0.25) is 5.02 Å². The predicted molar refractivity (Wildman–Crippen MR) is 79.5 cm³/mol. The van der Waals surface area contributed by atoms with Crippen LogP contribution >= 0.6 is 11.6 Å². The third-order valence-corrected chi connectivity index (χ3v) is 5.24. The molecule has 110 valence electrons. The van der Waals surface area contributed by atoms with E-state index < -0.39 is 0 Å². The van der Waals surface area contributed by atoms with Gasteiger partial charge in [-0.25, -0.2) is 4.39 Å². The molecule has 4 rings (SSSR count). The maximum Gasteiger partial charge on any atom is 0.230 e. The zero-order valence-corrected chi connectivity index (χ0v) is 12.2. The van der Waals surface area contributed by atoms with E-state index in [0.717, 1.165) is 5.69 Å². The molecule has 0 radical (unpaired) electrons. The van der Waals surface area contributed by atoms with Gasteiger partial charge in [0.1, 0.15) is 5.82 Å². The summed E-state index contributed by atoms with van der Waals surface area (Å²) < 4.78 is 19.4. The minimum atomic E-state index is -0.387. The molecule has 2 N–H and O–H groups in total. The maximum absolute atomic E-state index is 14.2. The number of benzene rings is 1. The van der Waals surface area contributed by atoms with Gasteiger partial charge in [0, 0.05) is 11.5 Å². The van der Waals surface area contributed by atoms with Gasteiger partial charge in [0.05, 0.1) is 16.3 Å². The molecule has 3 nitrogen and oxygen atoms in total. The topological polar surface area (TPSA) is 52.0 Å². The number of anilines is 1. The minimum absolute atomic E-state index is 0.153. The van der Waals surface area contributed by atoms with E-state index in [2.05, 4.69) is 5.16 Å². The van der Waals surface area contributed by atoms with Crippen LogP contribution in [0.25, 0.3) is 11.1 Å². The lowest BCUT2D eigenvalue weighted by Crippen LogP contribution is -1.94. The largest absolute Gasteiger partial charge is 0.367 e. The summed E-state index contributed by atoms with van der Waals surface area (Å²) >= 11 is 6.18. The van der Waals surface area contributed by atoms with Crippen molar-refractivity contribution in [1.29, 1.82) is 0 Å². The lowest BCUT2D eigenvalue weighted by Gasteiger charge is -2.06. The Morgan fingerprint density at radius 3 is 2.57 bits per heavy atom. The highest BCUT2D eigenvalue weighted by molar-refractivity contribution is 6.33. The summed E-state index contributed by atoms with van der Waals surface area (Å²) in [5.74, 6) is 1.40. The summed E-state index contributed by atoms with van der Waals surface area (Å²) in [5.41, 5.74) is 7.57. The zero-order valence-electron chi connectivity index (χ0n) is 11.5. The second-order valence-electron chi connectivity index (χ2n) is 6.04. The van der Waals surface area contributed by atoms with E-state index in [4.69, 9.17) is 21.9 Å². The molecule has 0 saturated heterocycles. The van der Waals surface area contributed by atoms with Crippen LogP contribution < -0.4 is 5.73 Å². The fourth-order valence-corrected chi connectivity index (χ4v) is 4.19. The van der Waals surface area contributed by atoms with E-state index in [9.17, 15) is 4.39 Å². The van der Waals surface area contributed by atoms with E-state index in [-0.39, 0.29) is 11.7 Å². The first kappa shape index (κ1) is 13.1. The van der Waals surface area contributed by atoms with E-state index in [1.807, 2.05) is 0 Å². The van der Waals surface area contributed by atoms with Crippen LogP contribution in [-0.4, -0.2) is 5.16 Å².